The predicted octanol–water partition coefficient (Wildman–Crippen LogP) is 4.63. The number of amides is 1. The molecule has 26 heavy (non-hydrogen) atoms. The monoisotopic (exact) mass is 387 g/mol. The van der Waals surface area contributed by atoms with Crippen molar-refractivity contribution in [2.24, 2.45) is 0 Å². The topological polar surface area (TPSA) is 85.8 Å². The molecular formula is C17H14ClN5O2S. The van der Waals surface area contributed by atoms with Crippen LogP contribution in [0.1, 0.15) is 29.6 Å². The van der Waals surface area contributed by atoms with E-state index in [9.17, 15) is 4.79 Å². The van der Waals surface area contributed by atoms with Gasteiger partial charge in [0.25, 0.3) is 11.8 Å². The van der Waals surface area contributed by atoms with E-state index in [-0.39, 0.29) is 23.9 Å². The Balaban J connectivity index is 1.60. The van der Waals surface area contributed by atoms with Crippen LogP contribution in [0.2, 0.25) is 5.02 Å². The van der Waals surface area contributed by atoms with E-state index in [2.05, 4.69) is 20.6 Å². The zero-order chi connectivity index (χ0) is 18.3. The molecule has 0 aliphatic heterocycles. The van der Waals surface area contributed by atoms with Crippen LogP contribution < -0.4 is 5.32 Å². The number of nitrogens with one attached hydrogen (secondary N) is 1. The number of fused-ring (bicyclic) bond motifs is 1. The molecule has 4 rings (SSSR count). The van der Waals surface area contributed by atoms with Crippen molar-refractivity contribution < 1.29 is 9.21 Å². The summed E-state index contributed by atoms with van der Waals surface area (Å²) in [5.41, 5.74) is 0.688. The van der Waals surface area contributed by atoms with Crippen LogP contribution in [0, 0.1) is 0 Å². The second-order valence-corrected chi connectivity index (χ2v) is 7.29. The first-order valence-corrected chi connectivity index (χ1v) is 9.10. The standard InChI is InChI=1S/C17H14ClN5O2S/c1-9(2)23-11(7-8-19-23)16-21-22-17(25-16)20-15(24)14-13(18)10-5-3-4-6-12(10)26-14/h3-9H,1-2H3,(H,20,22,24). The van der Waals surface area contributed by atoms with Gasteiger partial charge in [-0.15, -0.1) is 16.4 Å². The highest BCUT2D eigenvalue weighted by Crippen LogP contribution is 2.35. The first-order chi connectivity index (χ1) is 12.5. The maximum atomic E-state index is 12.5. The molecule has 0 atom stereocenters. The molecule has 0 spiro atoms. The Morgan fingerprint density at radius 2 is 2.08 bits per heavy atom. The van der Waals surface area contributed by atoms with Crippen LogP contribution >= 0.6 is 22.9 Å². The van der Waals surface area contributed by atoms with E-state index in [0.29, 0.717) is 15.6 Å². The van der Waals surface area contributed by atoms with Gasteiger partial charge in [0, 0.05) is 22.3 Å². The Morgan fingerprint density at radius 3 is 2.85 bits per heavy atom. The first kappa shape index (κ1) is 16.7. The number of hydrogen-bond donors (Lipinski definition) is 1. The van der Waals surface area contributed by atoms with Crippen molar-refractivity contribution in [1.82, 2.24) is 20.0 Å². The molecule has 0 fully saturated rings. The summed E-state index contributed by atoms with van der Waals surface area (Å²) < 4.78 is 8.28. The third-order valence-corrected chi connectivity index (χ3v) is 5.44. The maximum Gasteiger partial charge on any atom is 0.322 e. The van der Waals surface area contributed by atoms with E-state index in [1.807, 2.05) is 38.1 Å². The summed E-state index contributed by atoms with van der Waals surface area (Å²) in [5, 5.41) is 16.0. The normalized spacial score (nSPS) is 11.4. The minimum Gasteiger partial charge on any atom is -0.401 e. The van der Waals surface area contributed by atoms with E-state index in [0.717, 1.165) is 10.1 Å². The van der Waals surface area contributed by atoms with Crippen molar-refractivity contribution in [2.75, 3.05) is 5.32 Å². The van der Waals surface area contributed by atoms with Gasteiger partial charge in [0.15, 0.2) is 0 Å². The fourth-order valence-electron chi connectivity index (χ4n) is 2.59. The largest absolute Gasteiger partial charge is 0.401 e. The molecule has 3 heterocycles. The lowest BCUT2D eigenvalue weighted by molar-refractivity contribution is 0.102. The van der Waals surface area contributed by atoms with Gasteiger partial charge in [-0.2, -0.15) is 5.10 Å². The van der Waals surface area contributed by atoms with E-state index in [4.69, 9.17) is 16.0 Å². The summed E-state index contributed by atoms with van der Waals surface area (Å²) in [6.45, 7) is 4.00. The number of benzene rings is 1. The molecule has 3 aromatic heterocycles. The van der Waals surface area contributed by atoms with Crippen LogP contribution in [-0.4, -0.2) is 25.9 Å². The molecule has 7 nitrogen and oxygen atoms in total. The molecule has 0 saturated heterocycles. The number of rotatable bonds is 4. The van der Waals surface area contributed by atoms with Gasteiger partial charge in [0.1, 0.15) is 10.6 Å². The Kier molecular flexibility index (Phi) is 4.21. The van der Waals surface area contributed by atoms with Crippen LogP contribution in [0.25, 0.3) is 21.7 Å². The van der Waals surface area contributed by atoms with Crippen molar-refractivity contribution in [2.45, 2.75) is 19.9 Å². The number of aromatic nitrogens is 4. The molecule has 1 N–H and O–H groups in total. The highest BCUT2D eigenvalue weighted by atomic mass is 35.5. The van der Waals surface area contributed by atoms with E-state index < -0.39 is 0 Å². The smallest absolute Gasteiger partial charge is 0.322 e. The Hall–Kier alpha value is -2.71. The fraction of sp³-hybridized carbons (Fsp3) is 0.176. The van der Waals surface area contributed by atoms with E-state index in [1.165, 1.54) is 11.3 Å². The summed E-state index contributed by atoms with van der Waals surface area (Å²) in [7, 11) is 0. The number of halogens is 1. The summed E-state index contributed by atoms with van der Waals surface area (Å²) in [6.07, 6.45) is 1.66. The van der Waals surface area contributed by atoms with Crippen molar-refractivity contribution in [3.8, 4) is 11.6 Å². The highest BCUT2D eigenvalue weighted by Gasteiger charge is 2.20. The molecule has 0 unspecified atom stereocenters. The second-order valence-electron chi connectivity index (χ2n) is 5.86. The van der Waals surface area contributed by atoms with Crippen LogP contribution in [0.4, 0.5) is 6.01 Å². The van der Waals surface area contributed by atoms with Crippen LogP contribution in [0.5, 0.6) is 0 Å². The van der Waals surface area contributed by atoms with Gasteiger partial charge >= 0.3 is 6.01 Å². The zero-order valence-electron chi connectivity index (χ0n) is 13.9. The van der Waals surface area contributed by atoms with Gasteiger partial charge in [-0.1, -0.05) is 34.9 Å². The van der Waals surface area contributed by atoms with Crippen LogP contribution in [0.15, 0.2) is 40.9 Å². The first-order valence-electron chi connectivity index (χ1n) is 7.90. The molecule has 132 valence electrons. The number of nitrogens with zero attached hydrogens (tertiary/aromatic N) is 4. The third kappa shape index (κ3) is 2.87. The quantitative estimate of drug-likeness (QED) is 0.551. The lowest BCUT2D eigenvalue weighted by atomic mass is 10.2. The Labute approximate surface area is 157 Å². The average molecular weight is 388 g/mol. The van der Waals surface area contributed by atoms with Crippen LogP contribution in [-0.2, 0) is 0 Å². The molecule has 4 aromatic rings. The molecule has 0 aliphatic rings. The number of carbonyl (C=O) groups excluding carboxylic acids is 1. The van der Waals surface area contributed by atoms with Gasteiger partial charge in [0.05, 0.1) is 5.02 Å². The third-order valence-electron chi connectivity index (χ3n) is 3.77. The van der Waals surface area contributed by atoms with Gasteiger partial charge in [-0.25, -0.2) is 0 Å². The summed E-state index contributed by atoms with van der Waals surface area (Å²) in [4.78, 5) is 12.9. The lowest BCUT2D eigenvalue weighted by Gasteiger charge is -2.07. The molecule has 9 heteroatoms. The maximum absolute atomic E-state index is 12.5. The van der Waals surface area contributed by atoms with E-state index in [1.54, 1.807) is 16.9 Å². The highest BCUT2D eigenvalue weighted by molar-refractivity contribution is 7.21. The predicted molar refractivity (Wildman–Crippen MR) is 101 cm³/mol. The van der Waals surface area contributed by atoms with Crippen molar-refractivity contribution in [3.63, 3.8) is 0 Å². The second kappa shape index (κ2) is 6.54. The van der Waals surface area contributed by atoms with Crippen molar-refractivity contribution in [3.05, 3.63) is 46.4 Å². The molecule has 0 saturated carbocycles. The molecular weight excluding hydrogens is 374 g/mol. The fourth-order valence-corrected chi connectivity index (χ4v) is 4.00. The minimum absolute atomic E-state index is 0.00929. The number of anilines is 1. The summed E-state index contributed by atoms with van der Waals surface area (Å²) in [5.74, 6) is -0.0993. The molecule has 1 amide bonds. The van der Waals surface area contributed by atoms with Gasteiger partial charge in [0.2, 0.25) is 0 Å². The van der Waals surface area contributed by atoms with E-state index >= 15 is 0 Å². The zero-order valence-corrected chi connectivity index (χ0v) is 15.5. The molecule has 1 aromatic carbocycles. The molecule has 0 aliphatic carbocycles. The van der Waals surface area contributed by atoms with Crippen LogP contribution in [0.3, 0.4) is 0 Å². The van der Waals surface area contributed by atoms with Gasteiger partial charge in [-0.05, 0) is 26.0 Å². The number of carbonyl (C=O) groups is 1. The Morgan fingerprint density at radius 1 is 1.27 bits per heavy atom. The minimum atomic E-state index is -0.385. The SMILES string of the molecule is CC(C)n1nccc1-c1nnc(NC(=O)c2sc3ccccc3c2Cl)o1. The molecule has 0 bridgehead atoms. The Bertz CT molecular complexity index is 1100. The van der Waals surface area contributed by atoms with Gasteiger partial charge in [-0.3, -0.25) is 14.8 Å². The number of thiophene rings is 1. The lowest BCUT2D eigenvalue weighted by Crippen LogP contribution is -2.10. The van der Waals surface area contributed by atoms with Crippen molar-refractivity contribution in [1.29, 1.82) is 0 Å². The molecule has 0 radical (unpaired) electrons. The number of hydrogen-bond acceptors (Lipinski definition) is 6. The van der Waals surface area contributed by atoms with Crippen molar-refractivity contribution >= 4 is 44.9 Å². The summed E-state index contributed by atoms with van der Waals surface area (Å²) in [6, 6.07) is 9.51. The van der Waals surface area contributed by atoms with Gasteiger partial charge < -0.3 is 4.42 Å². The average Bonchev–Trinajstić information content (AvgIpc) is 3.33. The summed E-state index contributed by atoms with van der Waals surface area (Å²) >= 11 is 7.65.